The molecule has 0 saturated carbocycles. The maximum atomic E-state index is 13.7. The summed E-state index contributed by atoms with van der Waals surface area (Å²) in [5.41, 5.74) is 1.33. The summed E-state index contributed by atoms with van der Waals surface area (Å²) in [6, 6.07) is 10.9. The van der Waals surface area contributed by atoms with Gasteiger partial charge in [0, 0.05) is 55.3 Å². The molecule has 1 N–H and O–H groups in total. The average Bonchev–Trinajstić information content (AvgIpc) is 2.69. The van der Waals surface area contributed by atoms with Crippen molar-refractivity contribution in [2.75, 3.05) is 37.7 Å². The van der Waals surface area contributed by atoms with E-state index >= 15 is 0 Å². The number of amides is 1. The monoisotopic (exact) mass is 459 g/mol. The molecule has 10 heteroatoms. The molecule has 1 amide bonds. The van der Waals surface area contributed by atoms with E-state index in [4.69, 9.17) is 11.6 Å². The Kier molecular flexibility index (Phi) is 8.33. The number of carbonyl (C=O) groups is 1. The van der Waals surface area contributed by atoms with Crippen LogP contribution in [0.5, 0.6) is 0 Å². The summed E-state index contributed by atoms with van der Waals surface area (Å²) in [7, 11) is 0.763. The van der Waals surface area contributed by atoms with Gasteiger partial charge in [0.1, 0.15) is 5.82 Å². The summed E-state index contributed by atoms with van der Waals surface area (Å²) in [5.74, 6) is 0.413. The highest BCUT2D eigenvalue weighted by Crippen LogP contribution is 2.23. The van der Waals surface area contributed by atoms with E-state index < -0.39 is 10.2 Å². The summed E-state index contributed by atoms with van der Waals surface area (Å²) in [4.78, 5) is 12.2. The predicted octanol–water partition coefficient (Wildman–Crippen LogP) is 3.38. The van der Waals surface area contributed by atoms with Crippen LogP contribution in [0.25, 0.3) is 0 Å². The smallest absolute Gasteiger partial charge is 0.303 e. The largest absolute Gasteiger partial charge is 0.351 e. The molecule has 2 aromatic rings. The lowest BCUT2D eigenvalue weighted by atomic mass is 10.2. The van der Waals surface area contributed by atoms with Crippen LogP contribution >= 0.6 is 23.4 Å². The number of carbonyl (C=O) groups excluding carboxylic acids is 1. The molecule has 29 heavy (non-hydrogen) atoms. The van der Waals surface area contributed by atoms with Crippen molar-refractivity contribution in [3.63, 3.8) is 0 Å². The van der Waals surface area contributed by atoms with Crippen molar-refractivity contribution in [2.45, 2.75) is 5.75 Å². The van der Waals surface area contributed by atoms with Crippen molar-refractivity contribution in [1.82, 2.24) is 9.62 Å². The second-order valence-electron chi connectivity index (χ2n) is 6.31. The van der Waals surface area contributed by atoms with Gasteiger partial charge in [0.05, 0.1) is 5.69 Å². The van der Waals surface area contributed by atoms with Gasteiger partial charge >= 0.3 is 10.2 Å². The number of thioether (sulfide) groups is 1. The van der Waals surface area contributed by atoms with Crippen LogP contribution in [-0.2, 0) is 16.0 Å². The number of halogens is 2. The van der Waals surface area contributed by atoms with Crippen LogP contribution in [0.1, 0.15) is 15.9 Å². The number of nitrogens with zero attached hydrogens (tertiary/aromatic N) is 2. The number of hydrogen-bond donors (Lipinski definition) is 1. The fraction of sp³-hybridized carbons (Fsp3) is 0.316. The van der Waals surface area contributed by atoms with Crippen LogP contribution < -0.4 is 9.62 Å². The van der Waals surface area contributed by atoms with Crippen molar-refractivity contribution in [2.24, 2.45) is 0 Å². The molecular weight excluding hydrogens is 437 g/mol. The van der Waals surface area contributed by atoms with Gasteiger partial charge in [-0.3, -0.25) is 9.10 Å². The van der Waals surface area contributed by atoms with Crippen molar-refractivity contribution in [1.29, 1.82) is 0 Å². The zero-order chi connectivity index (χ0) is 21.6. The molecule has 0 unspecified atom stereocenters. The van der Waals surface area contributed by atoms with E-state index in [1.54, 1.807) is 36.4 Å². The summed E-state index contributed by atoms with van der Waals surface area (Å²) in [6.45, 7) is 0.409. The first kappa shape index (κ1) is 23.5. The van der Waals surface area contributed by atoms with E-state index in [9.17, 15) is 17.6 Å². The van der Waals surface area contributed by atoms with Crippen LogP contribution in [0.3, 0.4) is 0 Å². The first-order valence-electron chi connectivity index (χ1n) is 8.70. The minimum absolute atomic E-state index is 0.265. The van der Waals surface area contributed by atoms with Gasteiger partial charge in [-0.05, 0) is 36.4 Å². The highest BCUT2D eigenvalue weighted by Gasteiger charge is 2.21. The highest BCUT2D eigenvalue weighted by atomic mass is 35.5. The minimum Gasteiger partial charge on any atom is -0.351 e. The molecule has 0 bridgehead atoms. The molecular formula is C19H23ClFN3O3S2. The summed E-state index contributed by atoms with van der Waals surface area (Å²) < 4.78 is 40.2. The Morgan fingerprint density at radius 2 is 1.79 bits per heavy atom. The zero-order valence-electron chi connectivity index (χ0n) is 16.4. The fourth-order valence-corrected chi connectivity index (χ4v) is 4.46. The Morgan fingerprint density at radius 1 is 1.14 bits per heavy atom. The minimum atomic E-state index is -3.59. The highest BCUT2D eigenvalue weighted by molar-refractivity contribution is 7.98. The molecule has 0 aromatic heterocycles. The molecule has 0 aliphatic carbocycles. The standard InChI is InChI=1S/C19H23ClFN3O3S2/c1-23(2)29(26,27)24(3)15-9-7-14(8-10-15)19(25)22-11-12-28-13-16-17(20)5-4-6-18(16)21/h4-10H,11-13H2,1-3H3,(H,22,25). The third-order valence-corrected chi connectivity index (χ3v) is 7.31. The first-order valence-corrected chi connectivity index (χ1v) is 11.6. The normalized spacial score (nSPS) is 11.5. The predicted molar refractivity (Wildman–Crippen MR) is 117 cm³/mol. The lowest BCUT2D eigenvalue weighted by molar-refractivity contribution is 0.0956. The molecule has 158 valence electrons. The summed E-state index contributed by atoms with van der Waals surface area (Å²) in [6.07, 6.45) is 0. The zero-order valence-corrected chi connectivity index (χ0v) is 18.7. The number of hydrogen-bond acceptors (Lipinski definition) is 4. The van der Waals surface area contributed by atoms with Crippen LogP contribution in [0.15, 0.2) is 42.5 Å². The second kappa shape index (κ2) is 10.3. The molecule has 0 fully saturated rings. The van der Waals surface area contributed by atoms with Crippen LogP contribution in [0.4, 0.5) is 10.1 Å². The third kappa shape index (κ3) is 6.08. The lowest BCUT2D eigenvalue weighted by Crippen LogP contribution is -2.37. The maximum absolute atomic E-state index is 13.7. The Balaban J connectivity index is 1.84. The van der Waals surface area contributed by atoms with Gasteiger partial charge in [0.25, 0.3) is 5.91 Å². The van der Waals surface area contributed by atoms with Crippen molar-refractivity contribution < 1.29 is 17.6 Å². The molecule has 0 atom stereocenters. The molecule has 6 nitrogen and oxygen atoms in total. The Hall–Kier alpha value is -1.81. The van der Waals surface area contributed by atoms with E-state index in [0.29, 0.717) is 39.9 Å². The molecule has 0 heterocycles. The topological polar surface area (TPSA) is 69.7 Å². The number of nitrogens with one attached hydrogen (secondary N) is 1. The average molecular weight is 460 g/mol. The van der Waals surface area contributed by atoms with E-state index in [0.717, 1.165) is 8.61 Å². The van der Waals surface area contributed by atoms with Gasteiger partial charge in [-0.15, -0.1) is 0 Å². The van der Waals surface area contributed by atoms with Gasteiger partial charge in [-0.25, -0.2) is 4.39 Å². The van der Waals surface area contributed by atoms with Crippen LogP contribution in [0, 0.1) is 5.82 Å². The third-order valence-electron chi connectivity index (χ3n) is 4.14. The van der Waals surface area contributed by atoms with E-state index in [1.165, 1.54) is 39.0 Å². The van der Waals surface area contributed by atoms with Crippen LogP contribution in [-0.4, -0.2) is 52.1 Å². The van der Waals surface area contributed by atoms with Gasteiger partial charge in [0.2, 0.25) is 0 Å². The van der Waals surface area contributed by atoms with Crippen molar-refractivity contribution >= 4 is 45.2 Å². The number of rotatable bonds is 9. The molecule has 0 aliphatic heterocycles. The Bertz CT molecular complexity index is 933. The Labute approximate surface area is 180 Å². The summed E-state index contributed by atoms with van der Waals surface area (Å²) in [5, 5.41) is 3.18. The number of anilines is 1. The Morgan fingerprint density at radius 3 is 2.38 bits per heavy atom. The van der Waals surface area contributed by atoms with Gasteiger partial charge < -0.3 is 5.32 Å². The maximum Gasteiger partial charge on any atom is 0.303 e. The van der Waals surface area contributed by atoms with E-state index in [1.807, 2.05) is 0 Å². The van der Waals surface area contributed by atoms with Crippen LogP contribution in [0.2, 0.25) is 5.02 Å². The van der Waals surface area contributed by atoms with Gasteiger partial charge in [-0.1, -0.05) is 17.7 Å². The van der Waals surface area contributed by atoms with Crippen molar-refractivity contribution in [3.8, 4) is 0 Å². The molecule has 2 rings (SSSR count). The SMILES string of the molecule is CN(C)S(=O)(=O)N(C)c1ccc(C(=O)NCCSCc2c(F)cccc2Cl)cc1. The first-order chi connectivity index (χ1) is 13.6. The molecule has 0 saturated heterocycles. The van der Waals surface area contributed by atoms with Gasteiger partial charge in [0.15, 0.2) is 0 Å². The number of benzene rings is 2. The van der Waals surface area contributed by atoms with E-state index in [-0.39, 0.29) is 11.7 Å². The molecule has 0 aliphatic rings. The quantitative estimate of drug-likeness (QED) is 0.583. The molecule has 0 spiro atoms. The molecule has 2 aromatic carbocycles. The van der Waals surface area contributed by atoms with Crippen molar-refractivity contribution in [3.05, 3.63) is 64.4 Å². The second-order valence-corrected chi connectivity index (χ2v) is 10.00. The lowest BCUT2D eigenvalue weighted by Gasteiger charge is -2.23. The fourth-order valence-electron chi connectivity index (χ4n) is 2.38. The summed E-state index contributed by atoms with van der Waals surface area (Å²) >= 11 is 7.45. The van der Waals surface area contributed by atoms with E-state index in [2.05, 4.69) is 5.32 Å². The van der Waals surface area contributed by atoms with Gasteiger partial charge in [-0.2, -0.15) is 24.5 Å². The molecule has 0 radical (unpaired) electrons.